The molecule has 0 spiro atoms. The number of nitriles is 1. The maximum absolute atomic E-state index is 12.5. The molecule has 0 saturated heterocycles. The molecule has 8 heteroatoms. The van der Waals surface area contributed by atoms with Gasteiger partial charge in [0.1, 0.15) is 24.0 Å². The Morgan fingerprint density at radius 3 is 2.78 bits per heavy atom. The smallest absolute Gasteiger partial charge is 0.266 e. The van der Waals surface area contributed by atoms with Crippen LogP contribution in [0.3, 0.4) is 0 Å². The molecule has 160 valence electrons. The fourth-order valence-corrected chi connectivity index (χ4v) is 4.09. The molecular weight excluding hydrogens is 587 g/mol. The molecule has 3 aromatic carbocycles. The van der Waals surface area contributed by atoms with E-state index in [0.717, 1.165) is 24.9 Å². The van der Waals surface area contributed by atoms with E-state index in [1.807, 2.05) is 42.5 Å². The summed E-state index contributed by atoms with van der Waals surface area (Å²) in [4.78, 5) is 12.5. The lowest BCUT2D eigenvalue weighted by Crippen LogP contribution is -2.13. The quantitative estimate of drug-likeness (QED) is 0.216. The van der Waals surface area contributed by atoms with Gasteiger partial charge < -0.3 is 19.5 Å². The molecule has 0 unspecified atom stereocenters. The van der Waals surface area contributed by atoms with E-state index in [-0.39, 0.29) is 12.4 Å². The minimum absolute atomic E-state index is 0.00908. The van der Waals surface area contributed by atoms with E-state index in [4.69, 9.17) is 14.2 Å². The molecule has 0 aromatic heterocycles. The highest BCUT2D eigenvalue weighted by Crippen LogP contribution is 2.33. The third-order valence-electron chi connectivity index (χ3n) is 4.55. The Morgan fingerprint density at radius 2 is 2.00 bits per heavy atom. The van der Waals surface area contributed by atoms with Crippen LogP contribution in [0.4, 0.5) is 5.69 Å². The Balaban J connectivity index is 1.43. The maximum Gasteiger partial charge on any atom is 0.266 e. The van der Waals surface area contributed by atoms with Crippen LogP contribution in [0, 0.1) is 14.9 Å². The van der Waals surface area contributed by atoms with E-state index >= 15 is 0 Å². The van der Waals surface area contributed by atoms with Crippen molar-refractivity contribution in [2.24, 2.45) is 0 Å². The monoisotopic (exact) mass is 602 g/mol. The molecule has 1 aliphatic rings. The normalized spacial score (nSPS) is 12.2. The van der Waals surface area contributed by atoms with Gasteiger partial charge in [-0.1, -0.05) is 34.1 Å². The predicted octanol–water partition coefficient (Wildman–Crippen LogP) is 5.91. The van der Waals surface area contributed by atoms with Crippen molar-refractivity contribution in [3.8, 4) is 23.3 Å². The van der Waals surface area contributed by atoms with E-state index in [9.17, 15) is 10.1 Å². The van der Waals surface area contributed by atoms with Gasteiger partial charge in [0.05, 0.1) is 3.57 Å². The first kappa shape index (κ1) is 22.2. The molecule has 6 nitrogen and oxygen atoms in total. The van der Waals surface area contributed by atoms with Crippen LogP contribution >= 0.6 is 38.5 Å². The lowest BCUT2D eigenvalue weighted by Gasteiger charge is -2.10. The Bertz CT molecular complexity index is 1250. The predicted molar refractivity (Wildman–Crippen MR) is 132 cm³/mol. The summed E-state index contributed by atoms with van der Waals surface area (Å²) in [5.41, 5.74) is 2.30. The number of nitrogens with one attached hydrogen (secondary N) is 1. The number of anilines is 1. The molecule has 4 rings (SSSR count). The van der Waals surface area contributed by atoms with E-state index in [1.54, 1.807) is 30.3 Å². The van der Waals surface area contributed by atoms with Gasteiger partial charge in [0.2, 0.25) is 6.79 Å². The minimum atomic E-state index is -0.469. The van der Waals surface area contributed by atoms with E-state index in [2.05, 4.69) is 43.8 Å². The number of benzene rings is 3. The van der Waals surface area contributed by atoms with Crippen LogP contribution in [0.2, 0.25) is 0 Å². The van der Waals surface area contributed by atoms with Crippen molar-refractivity contribution in [3.05, 3.63) is 85.4 Å². The van der Waals surface area contributed by atoms with Crippen LogP contribution in [0.1, 0.15) is 11.1 Å². The Kier molecular flexibility index (Phi) is 6.97. The van der Waals surface area contributed by atoms with Gasteiger partial charge in [0.25, 0.3) is 5.91 Å². The summed E-state index contributed by atoms with van der Waals surface area (Å²) in [6.07, 6.45) is 1.55. The van der Waals surface area contributed by atoms with Crippen LogP contribution in [0.25, 0.3) is 6.08 Å². The summed E-state index contributed by atoms with van der Waals surface area (Å²) in [5, 5.41) is 12.2. The molecule has 1 N–H and O–H groups in total. The maximum atomic E-state index is 12.5. The first-order chi connectivity index (χ1) is 15.5. The second-order valence-corrected chi connectivity index (χ2v) is 8.88. The molecule has 1 aliphatic heterocycles. The van der Waals surface area contributed by atoms with Gasteiger partial charge in [0.15, 0.2) is 11.5 Å². The van der Waals surface area contributed by atoms with Crippen molar-refractivity contribution in [1.82, 2.24) is 0 Å². The second kappa shape index (κ2) is 10.1. The molecule has 32 heavy (non-hydrogen) atoms. The van der Waals surface area contributed by atoms with Crippen molar-refractivity contribution in [3.63, 3.8) is 0 Å². The molecule has 0 fully saturated rings. The second-order valence-electron chi connectivity index (χ2n) is 6.80. The van der Waals surface area contributed by atoms with Crippen LogP contribution in [-0.4, -0.2) is 12.7 Å². The number of ether oxygens (including phenoxy) is 3. The highest BCUT2D eigenvalue weighted by atomic mass is 127. The zero-order valence-corrected chi connectivity index (χ0v) is 20.3. The Labute approximate surface area is 207 Å². The summed E-state index contributed by atoms with van der Waals surface area (Å²) in [5.74, 6) is 1.68. The van der Waals surface area contributed by atoms with Crippen molar-refractivity contribution >= 4 is 56.2 Å². The zero-order chi connectivity index (χ0) is 22.5. The summed E-state index contributed by atoms with van der Waals surface area (Å²) in [6, 6.07) is 20.3. The molecule has 0 bridgehead atoms. The molecule has 3 aromatic rings. The van der Waals surface area contributed by atoms with Crippen LogP contribution < -0.4 is 19.5 Å². The van der Waals surface area contributed by atoms with Crippen LogP contribution in [-0.2, 0) is 11.4 Å². The highest BCUT2D eigenvalue weighted by Gasteiger charge is 2.14. The van der Waals surface area contributed by atoms with Gasteiger partial charge in [-0.05, 0) is 82.3 Å². The van der Waals surface area contributed by atoms with E-state index < -0.39 is 5.91 Å². The summed E-state index contributed by atoms with van der Waals surface area (Å²) in [7, 11) is 0. The minimum Gasteiger partial charge on any atom is -0.488 e. The van der Waals surface area contributed by atoms with Crippen LogP contribution in [0.15, 0.2) is 70.7 Å². The number of carbonyl (C=O) groups excluding carboxylic acids is 1. The molecule has 1 amide bonds. The van der Waals surface area contributed by atoms with Gasteiger partial charge in [-0.15, -0.1) is 0 Å². The number of hydrogen-bond donors (Lipinski definition) is 1. The molecule has 1 heterocycles. The third-order valence-corrected chi connectivity index (χ3v) is 5.88. The third kappa shape index (κ3) is 5.41. The van der Waals surface area contributed by atoms with Gasteiger partial charge in [0, 0.05) is 10.2 Å². The van der Waals surface area contributed by atoms with Crippen molar-refractivity contribution < 1.29 is 19.0 Å². The summed E-state index contributed by atoms with van der Waals surface area (Å²) in [6.45, 7) is 0.610. The van der Waals surface area contributed by atoms with Crippen molar-refractivity contribution in [1.29, 1.82) is 5.26 Å². The SMILES string of the molecule is N#C/C(=C/c1ccc(OCc2ccc3c(c2)OCO3)c(I)c1)C(=O)Nc1cccc(Br)c1. The van der Waals surface area contributed by atoms with Gasteiger partial charge in [-0.3, -0.25) is 4.79 Å². The Morgan fingerprint density at radius 1 is 1.16 bits per heavy atom. The standard InChI is InChI=1S/C24H16BrIN2O4/c25-18-2-1-3-19(11-18)28-24(29)17(12-27)8-15-4-6-21(20(26)9-15)30-13-16-5-7-22-23(10-16)32-14-31-22/h1-11H,13-14H2,(H,28,29)/b17-8-. The molecule has 0 atom stereocenters. The number of fused-ring (bicyclic) bond motifs is 1. The molecule has 0 aliphatic carbocycles. The number of carbonyl (C=O) groups is 1. The van der Waals surface area contributed by atoms with E-state index in [0.29, 0.717) is 23.8 Å². The van der Waals surface area contributed by atoms with Crippen molar-refractivity contribution in [2.75, 3.05) is 12.1 Å². The lowest BCUT2D eigenvalue weighted by molar-refractivity contribution is -0.112. The number of nitrogens with zero attached hydrogens (tertiary/aromatic N) is 1. The topological polar surface area (TPSA) is 80.6 Å². The molecule has 0 radical (unpaired) electrons. The van der Waals surface area contributed by atoms with Gasteiger partial charge in [-0.25, -0.2) is 0 Å². The first-order valence-electron chi connectivity index (χ1n) is 9.51. The highest BCUT2D eigenvalue weighted by molar-refractivity contribution is 14.1. The number of halogens is 2. The van der Waals surface area contributed by atoms with Crippen molar-refractivity contribution in [2.45, 2.75) is 6.61 Å². The average molecular weight is 603 g/mol. The number of rotatable bonds is 6. The summed E-state index contributed by atoms with van der Waals surface area (Å²) >= 11 is 5.53. The number of amides is 1. The fraction of sp³-hybridized carbons (Fsp3) is 0.0833. The summed E-state index contributed by atoms with van der Waals surface area (Å²) < 4.78 is 18.3. The van der Waals surface area contributed by atoms with Gasteiger partial charge >= 0.3 is 0 Å². The fourth-order valence-electron chi connectivity index (χ4n) is 3.00. The number of hydrogen-bond acceptors (Lipinski definition) is 5. The van der Waals surface area contributed by atoms with Gasteiger partial charge in [-0.2, -0.15) is 5.26 Å². The first-order valence-corrected chi connectivity index (χ1v) is 11.4. The van der Waals surface area contributed by atoms with E-state index in [1.165, 1.54) is 0 Å². The Hall–Kier alpha value is -3.03. The molecule has 0 saturated carbocycles. The molecular formula is C24H16BrIN2O4. The lowest BCUT2D eigenvalue weighted by atomic mass is 10.1. The average Bonchev–Trinajstić information content (AvgIpc) is 3.24. The van der Waals surface area contributed by atoms with Crippen LogP contribution in [0.5, 0.6) is 17.2 Å². The zero-order valence-electron chi connectivity index (χ0n) is 16.6. The largest absolute Gasteiger partial charge is 0.488 e.